The second-order valence-electron chi connectivity index (χ2n) is 7.59. The first-order chi connectivity index (χ1) is 12.6. The lowest BCUT2D eigenvalue weighted by Crippen LogP contribution is -2.39. The van der Waals surface area contributed by atoms with Crippen molar-refractivity contribution in [2.24, 2.45) is 0 Å². The highest BCUT2D eigenvalue weighted by atomic mass is 16.2. The topological polar surface area (TPSA) is 49.3 Å². The van der Waals surface area contributed by atoms with Gasteiger partial charge in [0.15, 0.2) is 0 Å². The van der Waals surface area contributed by atoms with Crippen LogP contribution in [0.25, 0.3) is 0 Å². The molecule has 2 atom stereocenters. The third kappa shape index (κ3) is 3.36. The van der Waals surface area contributed by atoms with Crippen molar-refractivity contribution >= 4 is 5.91 Å². The Morgan fingerprint density at radius 1 is 1.23 bits per heavy atom. The monoisotopic (exact) mass is 350 g/mol. The number of nitrogens with zero attached hydrogens (tertiary/aromatic N) is 4. The predicted octanol–water partition coefficient (Wildman–Crippen LogP) is 2.58. The van der Waals surface area contributed by atoms with Gasteiger partial charge >= 0.3 is 0 Å². The Kier molecular flexibility index (Phi) is 4.72. The molecule has 4 rings (SSSR count). The number of likely N-dealkylation sites (N-methyl/N-ethyl adjacent to an activating group) is 1. The minimum absolute atomic E-state index is 0.119. The van der Waals surface area contributed by atoms with Gasteiger partial charge in [-0.1, -0.05) is 30.3 Å². The standard InChI is InChI=1S/C21H26N4O/c1-15(16-6-4-3-5-7-16)21(26)25-11-9-19-18(14-25)12-22-20(23-19)17-8-10-24(2)13-17/h3-7,12,15,17H,8-11,13-14H2,1-2H3/t15-,17-/m0/s1. The molecule has 1 saturated heterocycles. The fraction of sp³-hybridized carbons (Fsp3) is 0.476. The summed E-state index contributed by atoms with van der Waals surface area (Å²) in [6, 6.07) is 10.00. The first-order valence-electron chi connectivity index (χ1n) is 9.49. The van der Waals surface area contributed by atoms with Crippen molar-refractivity contribution in [1.29, 1.82) is 0 Å². The fourth-order valence-electron chi connectivity index (χ4n) is 4.02. The largest absolute Gasteiger partial charge is 0.337 e. The average Bonchev–Trinajstić information content (AvgIpc) is 3.13. The molecule has 1 aromatic carbocycles. The lowest BCUT2D eigenvalue weighted by molar-refractivity contribution is -0.133. The normalized spacial score (nSPS) is 21.5. The lowest BCUT2D eigenvalue weighted by atomic mass is 9.98. The van der Waals surface area contributed by atoms with E-state index in [0.29, 0.717) is 12.5 Å². The van der Waals surface area contributed by atoms with Crippen LogP contribution in [-0.2, 0) is 17.8 Å². The number of fused-ring (bicyclic) bond motifs is 1. The van der Waals surface area contributed by atoms with Crippen molar-refractivity contribution in [2.45, 2.75) is 38.1 Å². The molecule has 0 spiro atoms. The van der Waals surface area contributed by atoms with Crippen LogP contribution in [0.15, 0.2) is 36.5 Å². The van der Waals surface area contributed by atoms with E-state index >= 15 is 0 Å². The van der Waals surface area contributed by atoms with Gasteiger partial charge in [-0.05, 0) is 32.5 Å². The predicted molar refractivity (Wildman–Crippen MR) is 101 cm³/mol. The van der Waals surface area contributed by atoms with Gasteiger partial charge in [0.1, 0.15) is 5.82 Å². The number of rotatable bonds is 3. The van der Waals surface area contributed by atoms with Gasteiger partial charge in [0.05, 0.1) is 11.6 Å². The summed E-state index contributed by atoms with van der Waals surface area (Å²) in [5.74, 6) is 1.49. The molecule has 0 N–H and O–H groups in total. The van der Waals surface area contributed by atoms with Crippen LogP contribution in [0, 0.1) is 0 Å². The third-order valence-corrected chi connectivity index (χ3v) is 5.69. The summed E-state index contributed by atoms with van der Waals surface area (Å²) in [4.78, 5) is 26.7. The first-order valence-corrected chi connectivity index (χ1v) is 9.49. The van der Waals surface area contributed by atoms with Crippen LogP contribution in [-0.4, -0.2) is 52.4 Å². The minimum Gasteiger partial charge on any atom is -0.337 e. The molecule has 1 fully saturated rings. The summed E-state index contributed by atoms with van der Waals surface area (Å²) < 4.78 is 0. The molecule has 1 aromatic heterocycles. The molecular weight excluding hydrogens is 324 g/mol. The molecule has 0 bridgehead atoms. The summed E-state index contributed by atoms with van der Waals surface area (Å²) in [5.41, 5.74) is 3.29. The number of benzene rings is 1. The number of likely N-dealkylation sites (tertiary alicyclic amines) is 1. The molecule has 136 valence electrons. The van der Waals surface area contributed by atoms with E-state index in [2.05, 4.69) is 16.9 Å². The van der Waals surface area contributed by atoms with Gasteiger partial charge in [0.2, 0.25) is 5.91 Å². The van der Waals surface area contributed by atoms with Crippen molar-refractivity contribution in [1.82, 2.24) is 19.8 Å². The number of hydrogen-bond acceptors (Lipinski definition) is 4. The molecule has 2 aliphatic rings. The average molecular weight is 350 g/mol. The zero-order chi connectivity index (χ0) is 18.1. The second-order valence-corrected chi connectivity index (χ2v) is 7.59. The van der Waals surface area contributed by atoms with E-state index in [1.807, 2.05) is 48.4 Å². The Labute approximate surface area is 155 Å². The Hall–Kier alpha value is -2.27. The number of carbonyl (C=O) groups excluding carboxylic acids is 1. The van der Waals surface area contributed by atoms with E-state index in [-0.39, 0.29) is 11.8 Å². The van der Waals surface area contributed by atoms with Crippen molar-refractivity contribution < 1.29 is 4.79 Å². The van der Waals surface area contributed by atoms with E-state index < -0.39 is 0 Å². The maximum absolute atomic E-state index is 12.9. The van der Waals surface area contributed by atoms with Crippen LogP contribution >= 0.6 is 0 Å². The van der Waals surface area contributed by atoms with E-state index in [4.69, 9.17) is 4.98 Å². The number of carbonyl (C=O) groups is 1. The van der Waals surface area contributed by atoms with Crippen LogP contribution in [0.5, 0.6) is 0 Å². The maximum atomic E-state index is 12.9. The molecular formula is C21H26N4O. The molecule has 2 aliphatic heterocycles. The van der Waals surface area contributed by atoms with Gasteiger partial charge in [0, 0.05) is 43.7 Å². The third-order valence-electron chi connectivity index (χ3n) is 5.69. The van der Waals surface area contributed by atoms with Gasteiger partial charge in [-0.15, -0.1) is 0 Å². The van der Waals surface area contributed by atoms with Gasteiger partial charge < -0.3 is 9.80 Å². The van der Waals surface area contributed by atoms with Gasteiger partial charge in [-0.2, -0.15) is 0 Å². The smallest absolute Gasteiger partial charge is 0.230 e. The van der Waals surface area contributed by atoms with E-state index in [0.717, 1.165) is 55.1 Å². The number of aromatic nitrogens is 2. The zero-order valence-electron chi connectivity index (χ0n) is 15.6. The van der Waals surface area contributed by atoms with Gasteiger partial charge in [0.25, 0.3) is 0 Å². The highest BCUT2D eigenvalue weighted by Gasteiger charge is 2.28. The molecule has 3 heterocycles. The summed E-state index contributed by atoms with van der Waals surface area (Å²) >= 11 is 0. The maximum Gasteiger partial charge on any atom is 0.230 e. The molecule has 5 heteroatoms. The Morgan fingerprint density at radius 3 is 2.77 bits per heavy atom. The first kappa shape index (κ1) is 17.2. The van der Waals surface area contributed by atoms with Crippen molar-refractivity contribution in [3.63, 3.8) is 0 Å². The summed E-state index contributed by atoms with van der Waals surface area (Å²) in [6.45, 7) is 5.51. The highest BCUT2D eigenvalue weighted by molar-refractivity contribution is 5.83. The molecule has 5 nitrogen and oxygen atoms in total. The van der Waals surface area contributed by atoms with Gasteiger partial charge in [-0.3, -0.25) is 4.79 Å². The molecule has 2 aromatic rings. The summed E-state index contributed by atoms with van der Waals surface area (Å²) in [7, 11) is 2.15. The Balaban J connectivity index is 1.47. The molecule has 0 unspecified atom stereocenters. The molecule has 26 heavy (non-hydrogen) atoms. The van der Waals surface area contributed by atoms with Crippen molar-refractivity contribution in [2.75, 3.05) is 26.7 Å². The van der Waals surface area contributed by atoms with Crippen LogP contribution in [0.2, 0.25) is 0 Å². The zero-order valence-corrected chi connectivity index (χ0v) is 15.6. The lowest BCUT2D eigenvalue weighted by Gasteiger charge is -2.30. The van der Waals surface area contributed by atoms with E-state index in [1.54, 1.807) is 0 Å². The molecule has 0 saturated carbocycles. The van der Waals surface area contributed by atoms with Crippen LogP contribution in [0.3, 0.4) is 0 Å². The Morgan fingerprint density at radius 2 is 2.04 bits per heavy atom. The summed E-state index contributed by atoms with van der Waals surface area (Å²) in [5, 5.41) is 0. The fourth-order valence-corrected chi connectivity index (χ4v) is 4.02. The van der Waals surface area contributed by atoms with Crippen molar-refractivity contribution in [3.8, 4) is 0 Å². The summed E-state index contributed by atoms with van der Waals surface area (Å²) in [6.07, 6.45) is 3.90. The van der Waals surface area contributed by atoms with Crippen LogP contribution in [0.4, 0.5) is 0 Å². The highest BCUT2D eigenvalue weighted by Crippen LogP contribution is 2.27. The SMILES string of the molecule is C[C@H](C(=O)N1CCc2nc([C@H]3CCN(C)C3)ncc2C1)c1ccccc1. The van der Waals surface area contributed by atoms with Gasteiger partial charge in [-0.25, -0.2) is 9.97 Å². The van der Waals surface area contributed by atoms with Crippen molar-refractivity contribution in [3.05, 3.63) is 59.2 Å². The van der Waals surface area contributed by atoms with Crippen LogP contribution < -0.4 is 0 Å². The molecule has 0 radical (unpaired) electrons. The minimum atomic E-state index is -0.119. The second kappa shape index (κ2) is 7.16. The Bertz CT molecular complexity index is 792. The van der Waals surface area contributed by atoms with E-state index in [1.165, 1.54) is 0 Å². The molecule has 0 aliphatic carbocycles. The quantitative estimate of drug-likeness (QED) is 0.854. The van der Waals surface area contributed by atoms with Crippen LogP contribution in [0.1, 0.15) is 47.8 Å². The number of amides is 1. The van der Waals surface area contributed by atoms with E-state index in [9.17, 15) is 4.79 Å². The number of hydrogen-bond donors (Lipinski definition) is 0. The molecule has 1 amide bonds.